The second-order valence-corrected chi connectivity index (χ2v) is 6.30. The van der Waals surface area contributed by atoms with E-state index in [0.717, 1.165) is 18.9 Å². The van der Waals surface area contributed by atoms with E-state index in [-0.39, 0.29) is 11.9 Å². The number of morpholine rings is 1. The molecule has 2 aliphatic heterocycles. The highest BCUT2D eigenvalue weighted by atomic mass is 19.4. The minimum Gasteiger partial charge on any atom is -0.363 e. The molecule has 138 valence electrons. The number of piperazine rings is 1. The second kappa shape index (κ2) is 6.75. The predicted molar refractivity (Wildman–Crippen MR) is 83.1 cm³/mol. The van der Waals surface area contributed by atoms with Crippen LogP contribution >= 0.6 is 0 Å². The molecule has 3 heterocycles. The first-order chi connectivity index (χ1) is 11.8. The lowest BCUT2D eigenvalue weighted by Crippen LogP contribution is -2.61. The Bertz CT molecular complexity index is 609. The summed E-state index contributed by atoms with van der Waals surface area (Å²) in [5.74, 6) is 0.162. The Morgan fingerprint density at radius 3 is 2.40 bits per heavy atom. The van der Waals surface area contributed by atoms with E-state index in [2.05, 4.69) is 15.3 Å². The molecule has 1 atom stereocenters. The fourth-order valence-electron chi connectivity index (χ4n) is 2.94. The topological polar surface area (TPSA) is 70.6 Å². The van der Waals surface area contributed by atoms with Crippen molar-refractivity contribution in [2.75, 3.05) is 50.8 Å². The summed E-state index contributed by atoms with van der Waals surface area (Å²) in [6.45, 7) is 5.26. The van der Waals surface area contributed by atoms with Crippen molar-refractivity contribution in [2.24, 2.45) is 0 Å². The van der Waals surface area contributed by atoms with E-state index < -0.39 is 17.3 Å². The Labute approximate surface area is 143 Å². The SMILES string of the molecule is CC1(C(=O)N2CCN(c3ncc(C(F)(F)F)cn3)CC2)CNCCO1. The molecular weight excluding hydrogens is 339 g/mol. The Morgan fingerprint density at radius 1 is 1.24 bits per heavy atom. The lowest BCUT2D eigenvalue weighted by atomic mass is 10.0. The van der Waals surface area contributed by atoms with Crippen LogP contribution in [0, 0.1) is 0 Å². The average molecular weight is 359 g/mol. The third-order valence-corrected chi connectivity index (χ3v) is 4.43. The summed E-state index contributed by atoms with van der Waals surface area (Å²) >= 11 is 0. The van der Waals surface area contributed by atoms with Gasteiger partial charge in [-0.2, -0.15) is 13.2 Å². The van der Waals surface area contributed by atoms with Crippen LogP contribution < -0.4 is 10.2 Å². The fourth-order valence-corrected chi connectivity index (χ4v) is 2.94. The molecule has 0 radical (unpaired) electrons. The molecular formula is C15H20F3N5O2. The van der Waals surface area contributed by atoms with Gasteiger partial charge in [-0.05, 0) is 6.92 Å². The number of nitrogens with one attached hydrogen (secondary N) is 1. The van der Waals surface area contributed by atoms with Gasteiger partial charge in [-0.1, -0.05) is 0 Å². The standard InChI is InChI=1S/C15H20F3N5O2/c1-14(10-19-2-7-25-14)12(24)22-3-5-23(6-4-22)13-20-8-11(9-21-13)15(16,17)18/h8-9,19H,2-7,10H2,1H3. The Balaban J connectivity index is 1.59. The maximum Gasteiger partial charge on any atom is 0.419 e. The van der Waals surface area contributed by atoms with Crippen LogP contribution in [0.15, 0.2) is 12.4 Å². The van der Waals surface area contributed by atoms with Crippen molar-refractivity contribution in [2.45, 2.75) is 18.7 Å². The van der Waals surface area contributed by atoms with Crippen molar-refractivity contribution in [3.63, 3.8) is 0 Å². The van der Waals surface area contributed by atoms with E-state index in [4.69, 9.17) is 4.74 Å². The largest absolute Gasteiger partial charge is 0.419 e. The monoisotopic (exact) mass is 359 g/mol. The number of aromatic nitrogens is 2. The van der Waals surface area contributed by atoms with Crippen molar-refractivity contribution in [1.82, 2.24) is 20.2 Å². The summed E-state index contributed by atoms with van der Waals surface area (Å²) in [6, 6.07) is 0. The molecule has 1 unspecified atom stereocenters. The van der Waals surface area contributed by atoms with E-state index in [1.165, 1.54) is 0 Å². The summed E-state index contributed by atoms with van der Waals surface area (Å²) in [7, 11) is 0. The van der Waals surface area contributed by atoms with E-state index in [1.807, 2.05) is 0 Å². The smallest absolute Gasteiger partial charge is 0.363 e. The minimum absolute atomic E-state index is 0.0762. The van der Waals surface area contributed by atoms with Crippen molar-refractivity contribution in [1.29, 1.82) is 0 Å². The molecule has 3 rings (SSSR count). The molecule has 0 bridgehead atoms. The van der Waals surface area contributed by atoms with Gasteiger partial charge in [0.1, 0.15) is 0 Å². The lowest BCUT2D eigenvalue weighted by molar-refractivity contribution is -0.159. The first-order valence-electron chi connectivity index (χ1n) is 8.08. The number of ether oxygens (including phenoxy) is 1. The second-order valence-electron chi connectivity index (χ2n) is 6.30. The summed E-state index contributed by atoms with van der Waals surface area (Å²) in [4.78, 5) is 23.7. The van der Waals surface area contributed by atoms with Crippen molar-refractivity contribution in [3.05, 3.63) is 18.0 Å². The highest BCUT2D eigenvalue weighted by Crippen LogP contribution is 2.28. The summed E-state index contributed by atoms with van der Waals surface area (Å²) in [5.41, 5.74) is -1.74. The molecule has 0 spiro atoms. The highest BCUT2D eigenvalue weighted by molar-refractivity contribution is 5.85. The van der Waals surface area contributed by atoms with Gasteiger partial charge in [0, 0.05) is 51.7 Å². The number of alkyl halides is 3. The predicted octanol–water partition coefficient (Wildman–Crippen LogP) is 0.522. The zero-order valence-corrected chi connectivity index (χ0v) is 13.8. The molecule has 1 N–H and O–H groups in total. The average Bonchev–Trinajstić information content (AvgIpc) is 2.61. The summed E-state index contributed by atoms with van der Waals surface area (Å²) in [5, 5.41) is 3.15. The van der Waals surface area contributed by atoms with Crippen molar-refractivity contribution >= 4 is 11.9 Å². The zero-order valence-electron chi connectivity index (χ0n) is 13.8. The number of rotatable bonds is 2. The number of hydrogen-bond acceptors (Lipinski definition) is 6. The number of nitrogens with zero attached hydrogens (tertiary/aromatic N) is 4. The Kier molecular flexibility index (Phi) is 4.83. The first-order valence-corrected chi connectivity index (χ1v) is 8.08. The van der Waals surface area contributed by atoms with Gasteiger partial charge < -0.3 is 19.9 Å². The third kappa shape index (κ3) is 3.84. The molecule has 1 aromatic heterocycles. The quantitative estimate of drug-likeness (QED) is 0.830. The molecule has 2 aliphatic rings. The molecule has 1 aromatic rings. The molecule has 0 saturated carbocycles. The van der Waals surface area contributed by atoms with Crippen LogP contribution in [0.4, 0.5) is 19.1 Å². The van der Waals surface area contributed by atoms with Gasteiger partial charge in [-0.15, -0.1) is 0 Å². The van der Waals surface area contributed by atoms with Gasteiger partial charge >= 0.3 is 6.18 Å². The third-order valence-electron chi connectivity index (χ3n) is 4.43. The molecule has 2 saturated heterocycles. The van der Waals surface area contributed by atoms with Crippen LogP contribution in [0.1, 0.15) is 12.5 Å². The van der Waals surface area contributed by atoms with Gasteiger partial charge in [0.2, 0.25) is 5.95 Å². The van der Waals surface area contributed by atoms with Crippen LogP contribution in [0.2, 0.25) is 0 Å². The number of halogens is 3. The van der Waals surface area contributed by atoms with E-state index in [9.17, 15) is 18.0 Å². The lowest BCUT2D eigenvalue weighted by Gasteiger charge is -2.41. The van der Waals surface area contributed by atoms with Crippen LogP contribution in [0.5, 0.6) is 0 Å². The summed E-state index contributed by atoms with van der Waals surface area (Å²) in [6.07, 6.45) is -2.89. The van der Waals surface area contributed by atoms with Crippen LogP contribution in [0.3, 0.4) is 0 Å². The molecule has 25 heavy (non-hydrogen) atoms. The number of anilines is 1. The van der Waals surface area contributed by atoms with Gasteiger partial charge in [0.25, 0.3) is 5.91 Å². The van der Waals surface area contributed by atoms with Gasteiger partial charge in [0.15, 0.2) is 5.60 Å². The molecule has 0 aromatic carbocycles. The van der Waals surface area contributed by atoms with E-state index >= 15 is 0 Å². The molecule has 2 fully saturated rings. The van der Waals surface area contributed by atoms with Crippen molar-refractivity contribution in [3.8, 4) is 0 Å². The van der Waals surface area contributed by atoms with Gasteiger partial charge in [-0.3, -0.25) is 4.79 Å². The van der Waals surface area contributed by atoms with E-state index in [0.29, 0.717) is 39.3 Å². The van der Waals surface area contributed by atoms with E-state index in [1.54, 1.807) is 16.7 Å². The molecule has 7 nitrogen and oxygen atoms in total. The van der Waals surface area contributed by atoms with Crippen LogP contribution in [0.25, 0.3) is 0 Å². The Morgan fingerprint density at radius 2 is 1.88 bits per heavy atom. The van der Waals surface area contributed by atoms with Crippen LogP contribution in [-0.4, -0.2) is 72.3 Å². The van der Waals surface area contributed by atoms with Gasteiger partial charge in [-0.25, -0.2) is 9.97 Å². The number of hydrogen-bond donors (Lipinski definition) is 1. The molecule has 10 heteroatoms. The fraction of sp³-hybridized carbons (Fsp3) is 0.667. The summed E-state index contributed by atoms with van der Waals surface area (Å²) < 4.78 is 43.3. The zero-order chi connectivity index (χ0) is 18.1. The number of amides is 1. The number of carbonyl (C=O) groups excluding carboxylic acids is 1. The molecule has 1 amide bonds. The maximum atomic E-state index is 12.7. The van der Waals surface area contributed by atoms with Crippen molar-refractivity contribution < 1.29 is 22.7 Å². The van der Waals surface area contributed by atoms with Crippen LogP contribution in [-0.2, 0) is 15.7 Å². The highest BCUT2D eigenvalue weighted by Gasteiger charge is 2.40. The molecule has 0 aliphatic carbocycles. The minimum atomic E-state index is -4.45. The number of carbonyl (C=O) groups is 1. The maximum absolute atomic E-state index is 12.7. The Hall–Kier alpha value is -1.94. The normalized spacial score (nSPS) is 25.1. The van der Waals surface area contributed by atoms with Gasteiger partial charge in [0.05, 0.1) is 12.2 Å². The first kappa shape index (κ1) is 17.9.